The van der Waals surface area contributed by atoms with E-state index in [9.17, 15) is 4.39 Å². The van der Waals surface area contributed by atoms with Gasteiger partial charge in [-0.2, -0.15) is 0 Å². The topological polar surface area (TPSA) is 21.3 Å². The maximum absolute atomic E-state index is 14.0. The van der Waals surface area contributed by atoms with Gasteiger partial charge in [-0.15, -0.1) is 11.6 Å². The van der Waals surface area contributed by atoms with Crippen molar-refractivity contribution in [1.29, 1.82) is 0 Å². The average Bonchev–Trinajstić information content (AvgIpc) is 2.42. The third kappa shape index (κ3) is 3.36. The predicted molar refractivity (Wildman–Crippen MR) is 73.8 cm³/mol. The van der Waals surface area contributed by atoms with Crippen LogP contribution in [0.1, 0.15) is 32.3 Å². The normalized spacial score (nSPS) is 11.6. The van der Waals surface area contributed by atoms with Gasteiger partial charge in [0.05, 0.1) is 7.11 Å². The lowest BCUT2D eigenvalue weighted by Crippen LogP contribution is -2.45. The van der Waals surface area contributed by atoms with Gasteiger partial charge in [-0.1, -0.05) is 26.0 Å². The van der Waals surface area contributed by atoms with E-state index >= 15 is 0 Å². The molecule has 18 heavy (non-hydrogen) atoms. The first-order chi connectivity index (χ1) is 8.62. The zero-order chi connectivity index (χ0) is 13.6. The smallest absolute Gasteiger partial charge is 0.169 e. The number of nitrogens with one attached hydrogen (secondary N) is 1. The summed E-state index contributed by atoms with van der Waals surface area (Å²) in [7, 11) is 1.47. The van der Waals surface area contributed by atoms with Gasteiger partial charge < -0.3 is 10.1 Å². The summed E-state index contributed by atoms with van der Waals surface area (Å²) >= 11 is 6.01. The third-order valence-electron chi connectivity index (χ3n) is 3.53. The molecular formula is C14H21ClFNO. The molecule has 0 aromatic heterocycles. The number of benzene rings is 1. The van der Waals surface area contributed by atoms with E-state index in [1.807, 2.05) is 0 Å². The van der Waals surface area contributed by atoms with Crippen LogP contribution in [0.4, 0.5) is 4.39 Å². The van der Waals surface area contributed by atoms with E-state index in [1.54, 1.807) is 18.2 Å². The standard InChI is InChI=1S/C14H21ClFNO/c1-4-14(5-2,10-15)17-9-11-7-6-8-12(18-3)13(11)16/h6-8,17H,4-5,9-10H2,1-3H3. The summed E-state index contributed by atoms with van der Waals surface area (Å²) in [5.41, 5.74) is 0.475. The number of ether oxygens (including phenoxy) is 1. The van der Waals surface area contributed by atoms with Crippen LogP contribution >= 0.6 is 11.6 Å². The summed E-state index contributed by atoms with van der Waals surface area (Å²) in [6.45, 7) is 4.62. The third-order valence-corrected chi connectivity index (χ3v) is 4.04. The highest BCUT2D eigenvalue weighted by atomic mass is 35.5. The SMILES string of the molecule is CCC(CC)(CCl)NCc1cccc(OC)c1F. The Morgan fingerprint density at radius 2 is 2.00 bits per heavy atom. The fourth-order valence-electron chi connectivity index (χ4n) is 1.87. The summed E-state index contributed by atoms with van der Waals surface area (Å²) in [5.74, 6) is 0.493. The van der Waals surface area contributed by atoms with Gasteiger partial charge in [0.25, 0.3) is 0 Å². The molecule has 0 aliphatic rings. The molecule has 0 bridgehead atoms. The van der Waals surface area contributed by atoms with Crippen LogP contribution in [0, 0.1) is 5.82 Å². The maximum Gasteiger partial charge on any atom is 0.169 e. The molecule has 0 spiro atoms. The van der Waals surface area contributed by atoms with Crippen molar-refractivity contribution < 1.29 is 9.13 Å². The van der Waals surface area contributed by atoms with E-state index in [2.05, 4.69) is 19.2 Å². The molecule has 1 rings (SSSR count). The molecule has 102 valence electrons. The molecule has 1 aromatic carbocycles. The van der Waals surface area contributed by atoms with E-state index in [-0.39, 0.29) is 17.1 Å². The molecule has 0 atom stereocenters. The molecular weight excluding hydrogens is 253 g/mol. The number of methoxy groups -OCH3 is 1. The molecule has 0 heterocycles. The van der Waals surface area contributed by atoms with Crippen molar-refractivity contribution in [2.45, 2.75) is 38.8 Å². The van der Waals surface area contributed by atoms with E-state index in [0.29, 0.717) is 18.0 Å². The van der Waals surface area contributed by atoms with E-state index < -0.39 is 0 Å². The second-order valence-electron chi connectivity index (χ2n) is 4.41. The second kappa shape index (κ2) is 6.95. The van der Waals surface area contributed by atoms with Gasteiger partial charge in [0.1, 0.15) is 0 Å². The van der Waals surface area contributed by atoms with E-state index in [4.69, 9.17) is 16.3 Å². The summed E-state index contributed by atoms with van der Waals surface area (Å²) in [6.07, 6.45) is 1.83. The first-order valence-electron chi connectivity index (χ1n) is 6.24. The van der Waals surface area contributed by atoms with Crippen molar-refractivity contribution in [2.24, 2.45) is 0 Å². The first-order valence-corrected chi connectivity index (χ1v) is 6.78. The van der Waals surface area contributed by atoms with E-state index in [1.165, 1.54) is 7.11 Å². The molecule has 0 saturated carbocycles. The number of halogens is 2. The van der Waals surface area contributed by atoms with Gasteiger partial charge in [0, 0.05) is 23.5 Å². The largest absolute Gasteiger partial charge is 0.494 e. The van der Waals surface area contributed by atoms with Crippen molar-refractivity contribution in [2.75, 3.05) is 13.0 Å². The Hall–Kier alpha value is -0.800. The van der Waals surface area contributed by atoms with Crippen LogP contribution in [-0.2, 0) is 6.54 Å². The molecule has 0 fully saturated rings. The van der Waals surface area contributed by atoms with Crippen LogP contribution in [0.5, 0.6) is 5.75 Å². The van der Waals surface area contributed by atoms with Crippen molar-refractivity contribution in [3.05, 3.63) is 29.6 Å². The lowest BCUT2D eigenvalue weighted by Gasteiger charge is -2.31. The Morgan fingerprint density at radius 3 is 2.50 bits per heavy atom. The molecule has 0 amide bonds. The van der Waals surface area contributed by atoms with Gasteiger partial charge in [-0.05, 0) is 18.9 Å². The van der Waals surface area contributed by atoms with Crippen molar-refractivity contribution in [1.82, 2.24) is 5.32 Å². The van der Waals surface area contributed by atoms with Crippen molar-refractivity contribution in [3.8, 4) is 5.75 Å². The fourth-order valence-corrected chi connectivity index (χ4v) is 2.34. The average molecular weight is 274 g/mol. The van der Waals surface area contributed by atoms with Gasteiger partial charge >= 0.3 is 0 Å². The minimum absolute atomic E-state index is 0.128. The van der Waals surface area contributed by atoms with Crippen LogP contribution in [0.15, 0.2) is 18.2 Å². The number of hydrogen-bond donors (Lipinski definition) is 1. The molecule has 0 aliphatic carbocycles. The van der Waals surface area contributed by atoms with Crippen LogP contribution in [0.3, 0.4) is 0 Å². The summed E-state index contributed by atoms with van der Waals surface area (Å²) in [6, 6.07) is 5.17. The molecule has 0 aliphatic heterocycles. The highest BCUT2D eigenvalue weighted by molar-refractivity contribution is 6.18. The second-order valence-corrected chi connectivity index (χ2v) is 4.68. The monoisotopic (exact) mass is 273 g/mol. The molecule has 2 nitrogen and oxygen atoms in total. The van der Waals surface area contributed by atoms with Gasteiger partial charge in [-0.25, -0.2) is 4.39 Å². The Labute approximate surface area is 113 Å². The fraction of sp³-hybridized carbons (Fsp3) is 0.571. The van der Waals surface area contributed by atoms with Crippen LogP contribution < -0.4 is 10.1 Å². The minimum atomic E-state index is -0.303. The lowest BCUT2D eigenvalue weighted by atomic mass is 9.95. The lowest BCUT2D eigenvalue weighted by molar-refractivity contribution is 0.329. The summed E-state index contributed by atoms with van der Waals surface area (Å²) in [4.78, 5) is 0. The zero-order valence-corrected chi connectivity index (χ0v) is 12.0. The molecule has 1 N–H and O–H groups in total. The van der Waals surface area contributed by atoms with Crippen molar-refractivity contribution in [3.63, 3.8) is 0 Å². The summed E-state index contributed by atoms with van der Waals surface area (Å²) in [5, 5.41) is 3.36. The highest BCUT2D eigenvalue weighted by Gasteiger charge is 2.24. The molecule has 0 radical (unpaired) electrons. The molecule has 0 saturated heterocycles. The molecule has 1 aromatic rings. The number of alkyl halides is 1. The minimum Gasteiger partial charge on any atom is -0.494 e. The maximum atomic E-state index is 14.0. The number of hydrogen-bond acceptors (Lipinski definition) is 2. The van der Waals surface area contributed by atoms with E-state index in [0.717, 1.165) is 12.8 Å². The Bertz CT molecular complexity index is 372. The Balaban J connectivity index is 2.79. The zero-order valence-electron chi connectivity index (χ0n) is 11.2. The number of rotatable bonds is 7. The van der Waals surface area contributed by atoms with Crippen molar-refractivity contribution >= 4 is 11.6 Å². The first kappa shape index (κ1) is 15.3. The molecule has 4 heteroatoms. The predicted octanol–water partition coefficient (Wildman–Crippen LogP) is 3.72. The Morgan fingerprint density at radius 1 is 1.33 bits per heavy atom. The van der Waals surface area contributed by atoms with Crippen LogP contribution in [0.25, 0.3) is 0 Å². The van der Waals surface area contributed by atoms with Gasteiger partial charge in [0.2, 0.25) is 0 Å². The summed E-state index contributed by atoms with van der Waals surface area (Å²) < 4.78 is 18.9. The highest BCUT2D eigenvalue weighted by Crippen LogP contribution is 2.22. The van der Waals surface area contributed by atoms with Crippen LogP contribution in [0.2, 0.25) is 0 Å². The quantitative estimate of drug-likeness (QED) is 0.765. The Kier molecular flexibility index (Phi) is 5.89. The molecule has 0 unspecified atom stereocenters. The van der Waals surface area contributed by atoms with Gasteiger partial charge in [0.15, 0.2) is 11.6 Å². The van der Waals surface area contributed by atoms with Crippen LogP contribution in [-0.4, -0.2) is 18.5 Å². The van der Waals surface area contributed by atoms with Gasteiger partial charge in [-0.3, -0.25) is 0 Å².